The lowest BCUT2D eigenvalue weighted by Gasteiger charge is -2.15. The average molecular weight is 360 g/mol. The van der Waals surface area contributed by atoms with Gasteiger partial charge in [-0.05, 0) is 44.4 Å². The Balaban J connectivity index is 1.56. The highest BCUT2D eigenvalue weighted by atomic mass is 32.1. The molecule has 0 radical (unpaired) electrons. The van der Waals surface area contributed by atoms with Crippen LogP contribution in [0.2, 0.25) is 0 Å². The van der Waals surface area contributed by atoms with Crippen molar-refractivity contribution in [2.75, 3.05) is 25.5 Å². The van der Waals surface area contributed by atoms with Crippen LogP contribution in [-0.2, 0) is 17.8 Å². The Morgan fingerprint density at radius 2 is 2.32 bits per heavy atom. The lowest BCUT2D eigenvalue weighted by Crippen LogP contribution is -2.20. The maximum atomic E-state index is 11.1. The van der Waals surface area contributed by atoms with E-state index in [0.29, 0.717) is 11.0 Å². The SMILES string of the molecule is COc1ccc(C)nc1CC1CCN(Cc2cnc(NC(C)=O)s2)C1. The Morgan fingerprint density at radius 3 is 3.08 bits per heavy atom. The molecule has 7 heteroatoms. The standard InChI is InChI=1S/C18H24N4O2S/c1-12-4-5-17(24-3)16(20-12)8-14-6-7-22(10-14)11-15-9-19-18(25-15)21-13(2)23/h4-5,9,14H,6-8,10-11H2,1-3H3,(H,19,21,23). The van der Waals surface area contributed by atoms with E-state index in [-0.39, 0.29) is 5.91 Å². The number of amides is 1. The molecule has 3 heterocycles. The third-order valence-corrected chi connectivity index (χ3v) is 5.26. The number of hydrogen-bond donors (Lipinski definition) is 1. The van der Waals surface area contributed by atoms with Crippen molar-refractivity contribution in [3.05, 3.63) is 34.6 Å². The summed E-state index contributed by atoms with van der Waals surface area (Å²) in [5, 5.41) is 3.41. The molecular weight excluding hydrogens is 336 g/mol. The molecule has 0 saturated carbocycles. The Bertz CT molecular complexity index is 746. The summed E-state index contributed by atoms with van der Waals surface area (Å²) in [5.41, 5.74) is 2.08. The number of methoxy groups -OCH3 is 1. The highest BCUT2D eigenvalue weighted by Crippen LogP contribution is 2.27. The molecule has 25 heavy (non-hydrogen) atoms. The topological polar surface area (TPSA) is 67.3 Å². The first-order valence-corrected chi connectivity index (χ1v) is 9.30. The second-order valence-electron chi connectivity index (χ2n) is 6.51. The normalized spacial score (nSPS) is 17.6. The number of thiazole rings is 1. The van der Waals surface area contributed by atoms with Gasteiger partial charge in [0.25, 0.3) is 0 Å². The minimum Gasteiger partial charge on any atom is -0.495 e. The van der Waals surface area contributed by atoms with Crippen LogP contribution in [0.25, 0.3) is 0 Å². The predicted octanol–water partition coefficient (Wildman–Crippen LogP) is 2.88. The van der Waals surface area contributed by atoms with E-state index < -0.39 is 0 Å². The van der Waals surface area contributed by atoms with Crippen molar-refractivity contribution >= 4 is 22.4 Å². The number of rotatable bonds is 6. The molecule has 1 atom stereocenters. The average Bonchev–Trinajstić information content (AvgIpc) is 3.17. The molecule has 6 nitrogen and oxygen atoms in total. The van der Waals surface area contributed by atoms with Crippen molar-refractivity contribution in [2.24, 2.45) is 5.92 Å². The lowest BCUT2D eigenvalue weighted by atomic mass is 10.0. The summed E-state index contributed by atoms with van der Waals surface area (Å²) in [4.78, 5) is 23.6. The first-order valence-electron chi connectivity index (χ1n) is 8.48. The number of anilines is 1. The number of carbonyl (C=O) groups is 1. The number of nitrogens with one attached hydrogen (secondary N) is 1. The molecule has 0 spiro atoms. The van der Waals surface area contributed by atoms with Crippen LogP contribution < -0.4 is 10.1 Å². The van der Waals surface area contributed by atoms with Gasteiger partial charge in [-0.25, -0.2) is 4.98 Å². The summed E-state index contributed by atoms with van der Waals surface area (Å²) >= 11 is 1.54. The van der Waals surface area contributed by atoms with Crippen molar-refractivity contribution in [2.45, 2.75) is 33.2 Å². The van der Waals surface area contributed by atoms with Crippen LogP contribution in [0, 0.1) is 12.8 Å². The molecule has 0 bridgehead atoms. The van der Waals surface area contributed by atoms with Gasteiger partial charge in [0, 0.05) is 36.8 Å². The number of carbonyl (C=O) groups excluding carboxylic acids is 1. The van der Waals surface area contributed by atoms with Crippen LogP contribution in [0.4, 0.5) is 5.13 Å². The van der Waals surface area contributed by atoms with Crippen LogP contribution in [0.1, 0.15) is 29.6 Å². The van der Waals surface area contributed by atoms with Gasteiger partial charge < -0.3 is 10.1 Å². The summed E-state index contributed by atoms with van der Waals surface area (Å²) in [6.45, 7) is 6.52. The molecule has 2 aromatic heterocycles. The molecule has 0 aromatic carbocycles. The van der Waals surface area contributed by atoms with E-state index in [4.69, 9.17) is 4.74 Å². The van der Waals surface area contributed by atoms with Crippen molar-refractivity contribution in [1.29, 1.82) is 0 Å². The lowest BCUT2D eigenvalue weighted by molar-refractivity contribution is -0.114. The maximum Gasteiger partial charge on any atom is 0.223 e. The molecular formula is C18H24N4O2S. The zero-order valence-corrected chi connectivity index (χ0v) is 15.7. The Hall–Kier alpha value is -1.99. The maximum absolute atomic E-state index is 11.1. The van der Waals surface area contributed by atoms with Crippen LogP contribution in [0.15, 0.2) is 18.3 Å². The number of pyridine rings is 1. The highest BCUT2D eigenvalue weighted by molar-refractivity contribution is 7.15. The van der Waals surface area contributed by atoms with E-state index in [2.05, 4.69) is 20.2 Å². The summed E-state index contributed by atoms with van der Waals surface area (Å²) in [6.07, 6.45) is 3.96. The zero-order chi connectivity index (χ0) is 17.8. The van der Waals surface area contributed by atoms with Gasteiger partial charge in [0.1, 0.15) is 5.75 Å². The second kappa shape index (κ2) is 7.93. The molecule has 1 aliphatic rings. The van der Waals surface area contributed by atoms with Gasteiger partial charge in [0.2, 0.25) is 5.91 Å². The summed E-state index contributed by atoms with van der Waals surface area (Å²) < 4.78 is 5.45. The first-order chi connectivity index (χ1) is 12.0. The third-order valence-electron chi connectivity index (χ3n) is 4.36. The largest absolute Gasteiger partial charge is 0.495 e. The molecule has 1 amide bonds. The van der Waals surface area contributed by atoms with E-state index in [9.17, 15) is 4.79 Å². The van der Waals surface area contributed by atoms with Gasteiger partial charge in [-0.15, -0.1) is 11.3 Å². The molecule has 1 aliphatic heterocycles. The smallest absolute Gasteiger partial charge is 0.223 e. The molecule has 1 fully saturated rings. The summed E-state index contributed by atoms with van der Waals surface area (Å²) in [7, 11) is 1.70. The third kappa shape index (κ3) is 4.76. The van der Waals surface area contributed by atoms with E-state index >= 15 is 0 Å². The van der Waals surface area contributed by atoms with Crippen molar-refractivity contribution < 1.29 is 9.53 Å². The number of aromatic nitrogens is 2. The summed E-state index contributed by atoms with van der Waals surface area (Å²) in [6, 6.07) is 3.99. The Morgan fingerprint density at radius 1 is 1.48 bits per heavy atom. The minimum absolute atomic E-state index is 0.0817. The van der Waals surface area contributed by atoms with Crippen molar-refractivity contribution in [3.8, 4) is 5.75 Å². The van der Waals surface area contributed by atoms with E-state index in [1.165, 1.54) is 11.8 Å². The number of hydrogen-bond acceptors (Lipinski definition) is 6. The van der Waals surface area contributed by atoms with E-state index in [1.54, 1.807) is 18.4 Å². The fraction of sp³-hybridized carbons (Fsp3) is 0.500. The van der Waals surface area contributed by atoms with Crippen molar-refractivity contribution in [3.63, 3.8) is 0 Å². The van der Waals surface area contributed by atoms with Gasteiger partial charge in [0.15, 0.2) is 5.13 Å². The Labute approximate surface area is 152 Å². The molecule has 1 N–H and O–H groups in total. The van der Waals surface area contributed by atoms with Crippen LogP contribution in [0.5, 0.6) is 5.75 Å². The van der Waals surface area contributed by atoms with Gasteiger partial charge in [-0.3, -0.25) is 14.7 Å². The number of likely N-dealkylation sites (tertiary alicyclic amines) is 1. The number of ether oxygens (including phenoxy) is 1. The zero-order valence-electron chi connectivity index (χ0n) is 14.9. The van der Waals surface area contributed by atoms with Gasteiger partial charge in [-0.1, -0.05) is 0 Å². The van der Waals surface area contributed by atoms with Crippen molar-refractivity contribution in [1.82, 2.24) is 14.9 Å². The second-order valence-corrected chi connectivity index (χ2v) is 7.62. The molecule has 1 saturated heterocycles. The van der Waals surface area contributed by atoms with Crippen LogP contribution >= 0.6 is 11.3 Å². The fourth-order valence-electron chi connectivity index (χ4n) is 3.24. The predicted molar refractivity (Wildman–Crippen MR) is 99.0 cm³/mol. The van der Waals surface area contributed by atoms with E-state index in [1.807, 2.05) is 25.3 Å². The molecule has 2 aromatic rings. The molecule has 3 rings (SSSR count). The highest BCUT2D eigenvalue weighted by Gasteiger charge is 2.24. The Kier molecular flexibility index (Phi) is 5.65. The monoisotopic (exact) mass is 360 g/mol. The van der Waals surface area contributed by atoms with Crippen LogP contribution in [0.3, 0.4) is 0 Å². The molecule has 134 valence electrons. The van der Waals surface area contributed by atoms with E-state index in [0.717, 1.165) is 49.6 Å². The van der Waals surface area contributed by atoms with Gasteiger partial charge in [0.05, 0.1) is 12.8 Å². The molecule has 0 aliphatic carbocycles. The molecule has 1 unspecified atom stereocenters. The summed E-state index contributed by atoms with van der Waals surface area (Å²) in [5.74, 6) is 1.39. The van der Waals surface area contributed by atoms with Crippen LogP contribution in [-0.4, -0.2) is 41.0 Å². The fourth-order valence-corrected chi connectivity index (χ4v) is 4.14. The number of nitrogens with zero attached hydrogens (tertiary/aromatic N) is 3. The number of aryl methyl sites for hydroxylation is 1. The first kappa shape index (κ1) is 17.8. The van der Waals surface area contributed by atoms with Gasteiger partial charge >= 0.3 is 0 Å². The quantitative estimate of drug-likeness (QED) is 0.858. The van der Waals surface area contributed by atoms with Gasteiger partial charge in [-0.2, -0.15) is 0 Å². The minimum atomic E-state index is -0.0817.